The number of carbonyl (C=O) groups excluding carboxylic acids is 3. The molecular weight excluding hydrogens is 234 g/mol. The number of halogens is 1. The third kappa shape index (κ3) is 3.37. The summed E-state index contributed by atoms with van der Waals surface area (Å²) in [7, 11) is 1.68. The number of piperazine rings is 1. The minimum absolute atomic E-state index is 0.0104. The Kier molecular flexibility index (Phi) is 4.54. The van der Waals surface area contributed by atoms with Crippen molar-refractivity contribution in [3.8, 4) is 0 Å². The van der Waals surface area contributed by atoms with Crippen LogP contribution >= 0.6 is 11.6 Å². The van der Waals surface area contributed by atoms with Gasteiger partial charge in [0.15, 0.2) is 0 Å². The maximum Gasteiger partial charge on any atom is 0.324 e. The first kappa shape index (κ1) is 12.8. The normalized spacial score (nSPS) is 16.2. The van der Waals surface area contributed by atoms with Crippen LogP contribution in [0, 0.1) is 0 Å². The standard InChI is InChI=1S/C9H14ClN3O3/c1-12-4-5-13(6-8(12)15)9(16)11-7(14)2-3-10/h2-6H2,1H3,(H,11,14,16). The number of urea groups is 1. The van der Waals surface area contributed by atoms with Crippen molar-refractivity contribution >= 4 is 29.4 Å². The molecule has 1 heterocycles. The minimum atomic E-state index is -0.531. The Balaban J connectivity index is 2.43. The summed E-state index contributed by atoms with van der Waals surface area (Å²) >= 11 is 5.36. The van der Waals surface area contributed by atoms with Crippen LogP contribution in [0.5, 0.6) is 0 Å². The van der Waals surface area contributed by atoms with Crippen LogP contribution in [-0.4, -0.2) is 60.2 Å². The van der Waals surface area contributed by atoms with E-state index in [9.17, 15) is 14.4 Å². The average Bonchev–Trinajstić information content (AvgIpc) is 2.22. The third-order valence-electron chi connectivity index (χ3n) is 2.31. The van der Waals surface area contributed by atoms with Crippen LogP contribution in [0.25, 0.3) is 0 Å². The summed E-state index contributed by atoms with van der Waals surface area (Å²) in [6.07, 6.45) is 0.0922. The minimum Gasteiger partial charge on any atom is -0.342 e. The topological polar surface area (TPSA) is 69.7 Å². The molecule has 0 saturated carbocycles. The number of hydrogen-bond acceptors (Lipinski definition) is 3. The maximum atomic E-state index is 11.5. The van der Waals surface area contributed by atoms with Gasteiger partial charge in [0, 0.05) is 32.4 Å². The van der Waals surface area contributed by atoms with Crippen molar-refractivity contribution in [1.29, 1.82) is 0 Å². The van der Waals surface area contributed by atoms with E-state index in [1.165, 1.54) is 4.90 Å². The Morgan fingerprint density at radius 1 is 1.44 bits per heavy atom. The Labute approximate surface area is 98.5 Å². The summed E-state index contributed by atoms with van der Waals surface area (Å²) in [5.41, 5.74) is 0. The monoisotopic (exact) mass is 247 g/mol. The second-order valence-corrected chi connectivity index (χ2v) is 3.91. The molecule has 6 nitrogen and oxygen atoms in total. The summed E-state index contributed by atoms with van der Waals surface area (Å²) in [5, 5.41) is 2.18. The van der Waals surface area contributed by atoms with Crippen LogP contribution in [0.1, 0.15) is 6.42 Å². The van der Waals surface area contributed by atoms with Crippen molar-refractivity contribution < 1.29 is 14.4 Å². The number of rotatable bonds is 2. The lowest BCUT2D eigenvalue weighted by Gasteiger charge is -2.31. The molecule has 0 aromatic heterocycles. The second-order valence-electron chi connectivity index (χ2n) is 3.53. The Morgan fingerprint density at radius 2 is 2.12 bits per heavy atom. The summed E-state index contributed by atoms with van der Waals surface area (Å²) in [6, 6.07) is -0.531. The largest absolute Gasteiger partial charge is 0.342 e. The molecule has 4 amide bonds. The second kappa shape index (κ2) is 5.69. The molecule has 7 heteroatoms. The zero-order valence-electron chi connectivity index (χ0n) is 9.03. The lowest BCUT2D eigenvalue weighted by molar-refractivity contribution is -0.133. The molecule has 0 unspecified atom stereocenters. The van der Waals surface area contributed by atoms with Gasteiger partial charge in [-0.05, 0) is 0 Å². The molecule has 1 fully saturated rings. The zero-order valence-corrected chi connectivity index (χ0v) is 9.79. The number of carbonyl (C=O) groups is 3. The van der Waals surface area contributed by atoms with Gasteiger partial charge in [0.2, 0.25) is 11.8 Å². The number of alkyl halides is 1. The molecule has 1 aliphatic heterocycles. The fourth-order valence-electron chi connectivity index (χ4n) is 1.28. The molecule has 0 spiro atoms. The van der Waals surface area contributed by atoms with E-state index in [4.69, 9.17) is 11.6 Å². The zero-order chi connectivity index (χ0) is 12.1. The average molecular weight is 248 g/mol. The summed E-state index contributed by atoms with van der Waals surface area (Å²) in [6.45, 7) is 0.925. The lowest BCUT2D eigenvalue weighted by Crippen LogP contribution is -2.54. The molecule has 0 radical (unpaired) electrons. The van der Waals surface area contributed by atoms with Crippen LogP contribution in [0.15, 0.2) is 0 Å². The highest BCUT2D eigenvalue weighted by atomic mass is 35.5. The van der Waals surface area contributed by atoms with Crippen molar-refractivity contribution in [2.45, 2.75) is 6.42 Å². The first-order chi connectivity index (χ1) is 7.54. The fraction of sp³-hybridized carbons (Fsp3) is 0.667. The van der Waals surface area contributed by atoms with Crippen LogP contribution in [0.3, 0.4) is 0 Å². The fourth-order valence-corrected chi connectivity index (χ4v) is 1.45. The van der Waals surface area contributed by atoms with Crippen LogP contribution in [0.2, 0.25) is 0 Å². The van der Waals surface area contributed by atoms with E-state index in [2.05, 4.69) is 5.32 Å². The number of nitrogens with zero attached hydrogens (tertiary/aromatic N) is 2. The highest BCUT2D eigenvalue weighted by Crippen LogP contribution is 2.01. The molecule has 0 bridgehead atoms. The Morgan fingerprint density at radius 3 is 2.69 bits per heavy atom. The van der Waals surface area contributed by atoms with Crippen molar-refractivity contribution in [1.82, 2.24) is 15.1 Å². The van der Waals surface area contributed by atoms with Crippen molar-refractivity contribution in [2.75, 3.05) is 32.6 Å². The Bertz CT molecular complexity index is 308. The molecule has 1 saturated heterocycles. The van der Waals surface area contributed by atoms with Gasteiger partial charge >= 0.3 is 6.03 Å². The maximum absolute atomic E-state index is 11.5. The van der Waals surface area contributed by atoms with Gasteiger partial charge in [-0.3, -0.25) is 14.9 Å². The van der Waals surface area contributed by atoms with E-state index in [1.807, 2.05) is 0 Å². The van der Waals surface area contributed by atoms with Gasteiger partial charge in [-0.1, -0.05) is 0 Å². The van der Waals surface area contributed by atoms with E-state index in [-0.39, 0.29) is 24.8 Å². The summed E-state index contributed by atoms with van der Waals surface area (Å²) in [4.78, 5) is 36.8. The van der Waals surface area contributed by atoms with Crippen molar-refractivity contribution in [3.05, 3.63) is 0 Å². The number of hydrogen-bond donors (Lipinski definition) is 1. The lowest BCUT2D eigenvalue weighted by atomic mass is 10.3. The van der Waals surface area contributed by atoms with Gasteiger partial charge in [-0.2, -0.15) is 0 Å². The van der Waals surface area contributed by atoms with Gasteiger partial charge < -0.3 is 9.80 Å². The Hall–Kier alpha value is -1.30. The van der Waals surface area contributed by atoms with E-state index >= 15 is 0 Å². The van der Waals surface area contributed by atoms with Crippen molar-refractivity contribution in [3.63, 3.8) is 0 Å². The molecule has 16 heavy (non-hydrogen) atoms. The van der Waals surface area contributed by atoms with E-state index in [0.717, 1.165) is 0 Å². The quantitative estimate of drug-likeness (QED) is 0.677. The van der Waals surface area contributed by atoms with Crippen LogP contribution in [0.4, 0.5) is 4.79 Å². The number of likely N-dealkylation sites (N-methyl/N-ethyl adjacent to an activating group) is 1. The molecule has 1 N–H and O–H groups in total. The van der Waals surface area contributed by atoms with Gasteiger partial charge in [-0.15, -0.1) is 11.6 Å². The number of nitrogens with one attached hydrogen (secondary N) is 1. The summed E-state index contributed by atoms with van der Waals surface area (Å²) in [5.74, 6) is -0.390. The molecule has 0 atom stereocenters. The van der Waals surface area contributed by atoms with E-state index in [0.29, 0.717) is 13.1 Å². The SMILES string of the molecule is CN1CCN(C(=O)NC(=O)CCCl)CC1=O. The van der Waals surface area contributed by atoms with Crippen LogP contribution in [-0.2, 0) is 9.59 Å². The molecule has 1 aliphatic rings. The van der Waals surface area contributed by atoms with Crippen LogP contribution < -0.4 is 5.32 Å². The van der Waals surface area contributed by atoms with E-state index in [1.54, 1.807) is 11.9 Å². The first-order valence-electron chi connectivity index (χ1n) is 4.93. The molecule has 90 valence electrons. The molecule has 0 aromatic rings. The van der Waals surface area contributed by atoms with Crippen molar-refractivity contribution in [2.24, 2.45) is 0 Å². The third-order valence-corrected chi connectivity index (χ3v) is 2.50. The molecule has 1 rings (SSSR count). The number of amides is 4. The smallest absolute Gasteiger partial charge is 0.324 e. The predicted molar refractivity (Wildman–Crippen MR) is 58.1 cm³/mol. The van der Waals surface area contributed by atoms with E-state index < -0.39 is 11.9 Å². The van der Waals surface area contributed by atoms with Gasteiger partial charge in [-0.25, -0.2) is 4.79 Å². The predicted octanol–water partition coefficient (Wildman–Crippen LogP) is -0.375. The highest BCUT2D eigenvalue weighted by Gasteiger charge is 2.25. The molecule has 0 aromatic carbocycles. The van der Waals surface area contributed by atoms with Gasteiger partial charge in [0.1, 0.15) is 6.54 Å². The van der Waals surface area contributed by atoms with Gasteiger partial charge in [0.05, 0.1) is 0 Å². The highest BCUT2D eigenvalue weighted by molar-refractivity contribution is 6.19. The van der Waals surface area contributed by atoms with Gasteiger partial charge in [0.25, 0.3) is 0 Å². The number of imide groups is 1. The molecule has 0 aliphatic carbocycles. The summed E-state index contributed by atoms with van der Waals surface area (Å²) < 4.78 is 0. The first-order valence-corrected chi connectivity index (χ1v) is 5.46. The molecular formula is C9H14ClN3O3.